The van der Waals surface area contributed by atoms with E-state index in [0.29, 0.717) is 30.9 Å². The van der Waals surface area contributed by atoms with E-state index in [1.165, 1.54) is 7.05 Å². The number of H-pyrrole nitrogens is 1. The van der Waals surface area contributed by atoms with Crippen LogP contribution in [0.15, 0.2) is 6.20 Å². The van der Waals surface area contributed by atoms with Gasteiger partial charge in [-0.05, 0) is 32.7 Å². The zero-order valence-electron chi connectivity index (χ0n) is 12.0. The molecule has 1 aromatic heterocycles. The van der Waals surface area contributed by atoms with Crippen LogP contribution in [-0.2, 0) is 10.0 Å². The molecule has 2 aliphatic rings. The van der Waals surface area contributed by atoms with Gasteiger partial charge in [-0.1, -0.05) is 0 Å². The summed E-state index contributed by atoms with van der Waals surface area (Å²) in [5.74, 6) is 0.301. The summed E-state index contributed by atoms with van der Waals surface area (Å²) in [6, 6.07) is 0. The topological polar surface area (TPSA) is 95.2 Å². The third-order valence-corrected chi connectivity index (χ3v) is 6.11. The summed E-state index contributed by atoms with van der Waals surface area (Å²) in [5, 5.41) is 6.36. The van der Waals surface area contributed by atoms with E-state index in [2.05, 4.69) is 14.9 Å². The second-order valence-corrected chi connectivity index (χ2v) is 7.90. The van der Waals surface area contributed by atoms with Crippen LogP contribution in [0, 0.1) is 0 Å². The molecule has 0 aromatic carbocycles. The van der Waals surface area contributed by atoms with Crippen molar-refractivity contribution in [1.82, 2.24) is 19.8 Å². The maximum absolute atomic E-state index is 12.6. The first-order valence-corrected chi connectivity index (χ1v) is 8.82. The van der Waals surface area contributed by atoms with E-state index in [4.69, 9.17) is 0 Å². The molecule has 3 rings (SSSR count). The van der Waals surface area contributed by atoms with Gasteiger partial charge in [0.1, 0.15) is 0 Å². The second-order valence-electron chi connectivity index (χ2n) is 5.74. The minimum atomic E-state index is -3.34. The summed E-state index contributed by atoms with van der Waals surface area (Å²) in [4.78, 5) is 14.3. The highest BCUT2D eigenvalue weighted by Gasteiger charge is 2.35. The number of amides is 1. The lowest BCUT2D eigenvalue weighted by Crippen LogP contribution is -2.47. The van der Waals surface area contributed by atoms with Crippen LogP contribution in [0.25, 0.3) is 0 Å². The third-order valence-electron chi connectivity index (χ3n) is 4.27. The highest BCUT2D eigenvalue weighted by molar-refractivity contribution is 7.90. The molecule has 1 aromatic rings. The first-order valence-electron chi connectivity index (χ1n) is 7.28. The molecule has 0 bridgehead atoms. The van der Waals surface area contributed by atoms with Gasteiger partial charge in [0.2, 0.25) is 10.0 Å². The number of hydrogen-bond donors (Lipinski definition) is 2. The van der Waals surface area contributed by atoms with Gasteiger partial charge in [-0.15, -0.1) is 0 Å². The quantitative estimate of drug-likeness (QED) is 0.843. The number of aromatic nitrogens is 2. The van der Waals surface area contributed by atoms with Crippen molar-refractivity contribution in [2.24, 2.45) is 0 Å². The molecule has 21 heavy (non-hydrogen) atoms. The van der Waals surface area contributed by atoms with Gasteiger partial charge >= 0.3 is 0 Å². The number of carbonyl (C=O) groups is 1. The summed E-state index contributed by atoms with van der Waals surface area (Å²) < 4.78 is 26.2. The number of nitrogens with one attached hydrogen (secondary N) is 2. The zero-order valence-corrected chi connectivity index (χ0v) is 12.8. The first-order chi connectivity index (χ1) is 10.0. The monoisotopic (exact) mass is 312 g/mol. The molecule has 2 N–H and O–H groups in total. The highest BCUT2D eigenvalue weighted by Crippen LogP contribution is 2.40. The number of aromatic amines is 1. The number of nitrogens with zero attached hydrogens (tertiary/aromatic N) is 2. The zero-order chi connectivity index (χ0) is 15.0. The number of carbonyl (C=O) groups excluding carboxylic acids is 1. The molecular weight excluding hydrogens is 292 g/mol. The van der Waals surface area contributed by atoms with E-state index < -0.39 is 15.3 Å². The predicted octanol–water partition coefficient (Wildman–Crippen LogP) is 0.441. The van der Waals surface area contributed by atoms with Gasteiger partial charge in [-0.25, -0.2) is 13.1 Å². The number of rotatable bonds is 4. The van der Waals surface area contributed by atoms with Crippen LogP contribution < -0.4 is 4.72 Å². The van der Waals surface area contributed by atoms with E-state index in [9.17, 15) is 13.2 Å². The van der Waals surface area contributed by atoms with Gasteiger partial charge in [0, 0.05) is 19.0 Å². The van der Waals surface area contributed by atoms with E-state index in [1.807, 2.05) is 0 Å². The average molecular weight is 312 g/mol. The summed E-state index contributed by atoms with van der Waals surface area (Å²) >= 11 is 0. The first kappa shape index (κ1) is 14.5. The van der Waals surface area contributed by atoms with Crippen molar-refractivity contribution in [3.05, 3.63) is 17.5 Å². The minimum Gasteiger partial charge on any atom is -0.337 e. The van der Waals surface area contributed by atoms with Crippen molar-refractivity contribution in [2.45, 2.75) is 36.9 Å². The van der Waals surface area contributed by atoms with E-state index in [1.54, 1.807) is 11.1 Å². The van der Waals surface area contributed by atoms with Crippen molar-refractivity contribution in [2.75, 3.05) is 20.1 Å². The molecule has 8 heteroatoms. The van der Waals surface area contributed by atoms with Crippen molar-refractivity contribution >= 4 is 15.9 Å². The van der Waals surface area contributed by atoms with Gasteiger partial charge in [0.05, 0.1) is 22.7 Å². The van der Waals surface area contributed by atoms with E-state index in [0.717, 1.165) is 18.5 Å². The number of sulfonamides is 1. The number of hydrogen-bond acceptors (Lipinski definition) is 4. The Hall–Kier alpha value is -1.41. The Bertz CT molecular complexity index is 636. The lowest BCUT2D eigenvalue weighted by Gasteiger charge is -2.32. The maximum Gasteiger partial charge on any atom is 0.257 e. The molecule has 116 valence electrons. The van der Waals surface area contributed by atoms with Gasteiger partial charge in [0.25, 0.3) is 5.91 Å². The lowest BCUT2D eigenvalue weighted by molar-refractivity contribution is 0.0725. The molecule has 7 nitrogen and oxygen atoms in total. The minimum absolute atomic E-state index is 0.110. The molecule has 2 fully saturated rings. The summed E-state index contributed by atoms with van der Waals surface area (Å²) in [7, 11) is -1.92. The van der Waals surface area contributed by atoms with Crippen LogP contribution in [0.1, 0.15) is 47.7 Å². The SMILES string of the molecule is CNS(=O)(=O)C1CCCN(C(=O)c2cn[nH]c2C2CC2)C1. The van der Waals surface area contributed by atoms with E-state index in [-0.39, 0.29) is 12.5 Å². The Morgan fingerprint density at radius 3 is 2.86 bits per heavy atom. The lowest BCUT2D eigenvalue weighted by atomic mass is 10.1. The third kappa shape index (κ3) is 2.82. The fourth-order valence-electron chi connectivity index (χ4n) is 2.86. The van der Waals surface area contributed by atoms with Gasteiger partial charge in [0.15, 0.2) is 0 Å². The van der Waals surface area contributed by atoms with Gasteiger partial charge in [-0.2, -0.15) is 5.10 Å². The van der Waals surface area contributed by atoms with E-state index >= 15 is 0 Å². The van der Waals surface area contributed by atoms with Crippen molar-refractivity contribution in [1.29, 1.82) is 0 Å². The molecule has 1 atom stereocenters. The number of likely N-dealkylation sites (tertiary alicyclic amines) is 1. The standard InChI is InChI=1S/C13H20N4O3S/c1-14-21(19,20)10-3-2-6-17(8-10)13(18)11-7-15-16-12(11)9-4-5-9/h7,9-10,14H,2-6,8H2,1H3,(H,15,16). The summed E-state index contributed by atoms with van der Waals surface area (Å²) in [5.41, 5.74) is 1.50. The fourth-order valence-corrected chi connectivity index (χ4v) is 4.05. The van der Waals surface area contributed by atoms with Gasteiger partial charge in [-0.3, -0.25) is 9.89 Å². The molecule has 1 saturated carbocycles. The van der Waals surface area contributed by atoms with Crippen molar-refractivity contribution in [3.63, 3.8) is 0 Å². The van der Waals surface area contributed by atoms with Crippen molar-refractivity contribution in [3.8, 4) is 0 Å². The summed E-state index contributed by atoms with van der Waals surface area (Å²) in [6.07, 6.45) is 5.02. The summed E-state index contributed by atoms with van der Waals surface area (Å²) in [6.45, 7) is 0.848. The Labute approximate surface area is 124 Å². The van der Waals surface area contributed by atoms with Crippen LogP contribution in [0.2, 0.25) is 0 Å². The normalized spacial score (nSPS) is 23.3. The predicted molar refractivity (Wildman–Crippen MR) is 77.5 cm³/mol. The van der Waals surface area contributed by atoms with Crippen LogP contribution >= 0.6 is 0 Å². The van der Waals surface area contributed by atoms with Crippen LogP contribution in [0.4, 0.5) is 0 Å². The number of piperidine rings is 1. The van der Waals surface area contributed by atoms with Crippen molar-refractivity contribution < 1.29 is 13.2 Å². The smallest absolute Gasteiger partial charge is 0.257 e. The Kier molecular flexibility index (Phi) is 3.75. The average Bonchev–Trinajstić information content (AvgIpc) is 3.24. The van der Waals surface area contributed by atoms with Crippen LogP contribution in [0.3, 0.4) is 0 Å². The Morgan fingerprint density at radius 1 is 1.43 bits per heavy atom. The van der Waals surface area contributed by atoms with Crippen LogP contribution in [-0.4, -0.2) is 54.8 Å². The molecule has 0 spiro atoms. The molecular formula is C13H20N4O3S. The molecule has 2 heterocycles. The fraction of sp³-hybridized carbons (Fsp3) is 0.692. The highest BCUT2D eigenvalue weighted by atomic mass is 32.2. The van der Waals surface area contributed by atoms with Crippen LogP contribution in [0.5, 0.6) is 0 Å². The van der Waals surface area contributed by atoms with Gasteiger partial charge < -0.3 is 4.90 Å². The molecule has 0 radical (unpaired) electrons. The molecule has 1 aliphatic heterocycles. The Morgan fingerprint density at radius 2 is 2.19 bits per heavy atom. The molecule has 1 aliphatic carbocycles. The second kappa shape index (κ2) is 5.42. The largest absolute Gasteiger partial charge is 0.337 e. The Balaban J connectivity index is 1.77. The molecule has 1 unspecified atom stereocenters. The molecule has 1 saturated heterocycles. The molecule has 1 amide bonds. The maximum atomic E-state index is 12.6.